The van der Waals surface area contributed by atoms with Crippen molar-refractivity contribution in [2.45, 2.75) is 45.7 Å². The van der Waals surface area contributed by atoms with E-state index in [-0.39, 0.29) is 12.5 Å². The van der Waals surface area contributed by atoms with E-state index in [1.165, 1.54) is 0 Å². The maximum absolute atomic E-state index is 9.35. The van der Waals surface area contributed by atoms with Gasteiger partial charge in [-0.1, -0.05) is 20.8 Å². The molecule has 0 radical (unpaired) electrons. The van der Waals surface area contributed by atoms with Gasteiger partial charge in [0.2, 0.25) is 11.8 Å². The molecule has 1 aromatic heterocycles. The summed E-state index contributed by atoms with van der Waals surface area (Å²) in [6, 6.07) is 0.299. The molecule has 0 amide bonds. The second kappa shape index (κ2) is 7.15. The first-order valence-electron chi connectivity index (χ1n) is 7.53. The van der Waals surface area contributed by atoms with Gasteiger partial charge in [-0.25, -0.2) is 0 Å². The largest absolute Gasteiger partial charge is 0.424 e. The smallest absolute Gasteiger partial charge is 0.230 e. The van der Waals surface area contributed by atoms with Gasteiger partial charge in [0.15, 0.2) is 0 Å². The van der Waals surface area contributed by atoms with E-state index in [0.717, 1.165) is 39.1 Å². The topological polar surface area (TPSA) is 65.6 Å². The molecule has 1 atom stereocenters. The van der Waals surface area contributed by atoms with Crippen LogP contribution in [0, 0.1) is 0 Å². The maximum atomic E-state index is 9.35. The Morgan fingerprint density at radius 2 is 1.90 bits per heavy atom. The van der Waals surface area contributed by atoms with E-state index in [9.17, 15) is 5.11 Å². The predicted molar refractivity (Wildman–Crippen MR) is 76.4 cm³/mol. The molecule has 1 aromatic rings. The molecule has 1 aliphatic heterocycles. The third-order valence-corrected chi connectivity index (χ3v) is 3.94. The monoisotopic (exact) mass is 282 g/mol. The first kappa shape index (κ1) is 15.4. The van der Waals surface area contributed by atoms with Gasteiger partial charge < -0.3 is 9.52 Å². The summed E-state index contributed by atoms with van der Waals surface area (Å²) in [5.41, 5.74) is 0. The Kier molecular flexibility index (Phi) is 5.51. The van der Waals surface area contributed by atoms with Crippen molar-refractivity contribution >= 4 is 0 Å². The van der Waals surface area contributed by atoms with E-state index in [2.05, 4.69) is 40.8 Å². The third kappa shape index (κ3) is 3.77. The fourth-order valence-electron chi connectivity index (χ4n) is 2.54. The van der Waals surface area contributed by atoms with Crippen LogP contribution >= 0.6 is 0 Å². The molecular weight excluding hydrogens is 256 g/mol. The second-order valence-electron chi connectivity index (χ2n) is 5.75. The first-order valence-corrected chi connectivity index (χ1v) is 7.53. The van der Waals surface area contributed by atoms with Crippen molar-refractivity contribution in [2.24, 2.45) is 0 Å². The minimum Gasteiger partial charge on any atom is -0.424 e. The lowest BCUT2D eigenvalue weighted by molar-refractivity contribution is 0.0574. The number of piperazine rings is 1. The number of hydrogen-bond donors (Lipinski definition) is 1. The molecule has 0 aliphatic carbocycles. The van der Waals surface area contributed by atoms with E-state index in [0.29, 0.717) is 17.8 Å². The highest BCUT2D eigenvalue weighted by Crippen LogP contribution is 2.15. The molecule has 1 aliphatic rings. The fraction of sp³-hybridized carbons (Fsp3) is 0.857. The van der Waals surface area contributed by atoms with Crippen molar-refractivity contribution in [3.8, 4) is 0 Å². The van der Waals surface area contributed by atoms with Crippen molar-refractivity contribution in [3.05, 3.63) is 11.8 Å². The average molecular weight is 282 g/mol. The molecule has 6 heteroatoms. The van der Waals surface area contributed by atoms with Gasteiger partial charge in [0.05, 0.1) is 13.2 Å². The zero-order chi connectivity index (χ0) is 14.5. The molecule has 1 saturated heterocycles. The van der Waals surface area contributed by atoms with Crippen LogP contribution < -0.4 is 0 Å². The van der Waals surface area contributed by atoms with E-state index in [1.54, 1.807) is 0 Å². The van der Waals surface area contributed by atoms with E-state index < -0.39 is 0 Å². The number of aliphatic hydroxyl groups excluding tert-OH is 1. The van der Waals surface area contributed by atoms with Gasteiger partial charge in [-0.3, -0.25) is 9.80 Å². The van der Waals surface area contributed by atoms with Crippen LogP contribution in [0.15, 0.2) is 4.42 Å². The minimum absolute atomic E-state index is 0.248. The normalized spacial score (nSPS) is 19.6. The SMILES string of the molecule is CCC(CO)N1CCN(Cc2nnc(C(C)C)o2)CC1. The molecule has 1 unspecified atom stereocenters. The lowest BCUT2D eigenvalue weighted by atomic mass is 10.1. The number of aromatic nitrogens is 2. The Hall–Kier alpha value is -0.980. The average Bonchev–Trinajstić information content (AvgIpc) is 2.91. The first-order chi connectivity index (χ1) is 9.63. The Bertz CT molecular complexity index is 396. The van der Waals surface area contributed by atoms with Crippen LogP contribution in [-0.2, 0) is 6.54 Å². The lowest BCUT2D eigenvalue weighted by Gasteiger charge is -2.37. The molecule has 1 N–H and O–H groups in total. The number of aliphatic hydroxyl groups is 1. The van der Waals surface area contributed by atoms with Crippen LogP contribution in [0.3, 0.4) is 0 Å². The Labute approximate surface area is 120 Å². The van der Waals surface area contributed by atoms with Crippen molar-refractivity contribution in [1.82, 2.24) is 20.0 Å². The van der Waals surface area contributed by atoms with Gasteiger partial charge in [-0.2, -0.15) is 0 Å². The van der Waals surface area contributed by atoms with Crippen LogP contribution in [0.4, 0.5) is 0 Å². The highest BCUT2D eigenvalue weighted by Gasteiger charge is 2.23. The van der Waals surface area contributed by atoms with E-state index in [4.69, 9.17) is 4.42 Å². The molecule has 0 aromatic carbocycles. The fourth-order valence-corrected chi connectivity index (χ4v) is 2.54. The van der Waals surface area contributed by atoms with Gasteiger partial charge in [0.1, 0.15) is 0 Å². The molecule has 1 fully saturated rings. The summed E-state index contributed by atoms with van der Waals surface area (Å²) in [6.07, 6.45) is 0.998. The minimum atomic E-state index is 0.248. The maximum Gasteiger partial charge on any atom is 0.230 e. The zero-order valence-electron chi connectivity index (χ0n) is 12.7. The third-order valence-electron chi connectivity index (χ3n) is 3.94. The summed E-state index contributed by atoms with van der Waals surface area (Å²) in [5.74, 6) is 1.70. The Balaban J connectivity index is 1.81. The Morgan fingerprint density at radius 1 is 1.20 bits per heavy atom. The summed E-state index contributed by atoms with van der Waals surface area (Å²) in [6.45, 7) is 11.1. The van der Waals surface area contributed by atoms with Crippen LogP contribution in [0.5, 0.6) is 0 Å². The van der Waals surface area contributed by atoms with Gasteiger partial charge >= 0.3 is 0 Å². The van der Waals surface area contributed by atoms with Crippen LogP contribution in [-0.4, -0.2) is 63.9 Å². The van der Waals surface area contributed by atoms with Crippen molar-refractivity contribution in [3.63, 3.8) is 0 Å². The number of nitrogens with zero attached hydrogens (tertiary/aromatic N) is 4. The number of rotatable bonds is 6. The molecule has 2 rings (SSSR count). The van der Waals surface area contributed by atoms with Crippen LogP contribution in [0.2, 0.25) is 0 Å². The van der Waals surface area contributed by atoms with Crippen LogP contribution in [0.25, 0.3) is 0 Å². The molecule has 0 spiro atoms. The summed E-state index contributed by atoms with van der Waals surface area (Å²) >= 11 is 0. The molecule has 2 heterocycles. The van der Waals surface area contributed by atoms with Gasteiger partial charge in [-0.05, 0) is 6.42 Å². The van der Waals surface area contributed by atoms with Crippen molar-refractivity contribution in [2.75, 3.05) is 32.8 Å². The molecule has 20 heavy (non-hydrogen) atoms. The molecule has 114 valence electrons. The second-order valence-corrected chi connectivity index (χ2v) is 5.75. The van der Waals surface area contributed by atoms with Gasteiger partial charge in [0.25, 0.3) is 0 Å². The molecule has 6 nitrogen and oxygen atoms in total. The zero-order valence-corrected chi connectivity index (χ0v) is 12.7. The highest BCUT2D eigenvalue weighted by molar-refractivity contribution is 4.88. The number of hydrogen-bond acceptors (Lipinski definition) is 6. The van der Waals surface area contributed by atoms with E-state index in [1.807, 2.05) is 0 Å². The lowest BCUT2D eigenvalue weighted by Crippen LogP contribution is -2.50. The van der Waals surface area contributed by atoms with Crippen LogP contribution in [0.1, 0.15) is 44.9 Å². The molecular formula is C14H26N4O2. The van der Waals surface area contributed by atoms with E-state index >= 15 is 0 Å². The predicted octanol–water partition coefficient (Wildman–Crippen LogP) is 1.08. The quantitative estimate of drug-likeness (QED) is 0.842. The van der Waals surface area contributed by atoms with Crippen molar-refractivity contribution in [1.29, 1.82) is 0 Å². The standard InChI is InChI=1S/C14H26N4O2/c1-4-12(10-19)18-7-5-17(6-8-18)9-13-15-16-14(20-13)11(2)3/h11-12,19H,4-10H2,1-3H3. The van der Waals surface area contributed by atoms with Crippen molar-refractivity contribution < 1.29 is 9.52 Å². The Morgan fingerprint density at radius 3 is 2.40 bits per heavy atom. The molecule has 0 saturated carbocycles. The van der Waals surface area contributed by atoms with Gasteiger partial charge in [0, 0.05) is 38.1 Å². The summed E-state index contributed by atoms with van der Waals surface area (Å²) in [7, 11) is 0. The molecule has 0 bridgehead atoms. The highest BCUT2D eigenvalue weighted by atomic mass is 16.4. The summed E-state index contributed by atoms with van der Waals surface area (Å²) in [5, 5.41) is 17.5. The van der Waals surface area contributed by atoms with Gasteiger partial charge in [-0.15, -0.1) is 10.2 Å². The summed E-state index contributed by atoms with van der Waals surface area (Å²) in [4.78, 5) is 4.70. The summed E-state index contributed by atoms with van der Waals surface area (Å²) < 4.78 is 5.65.